The quantitative estimate of drug-likeness (QED) is 0.751. The lowest BCUT2D eigenvalue weighted by atomic mass is 10.1. The van der Waals surface area contributed by atoms with E-state index in [2.05, 4.69) is 4.98 Å². The molecule has 1 aromatic carbocycles. The third-order valence-corrected chi connectivity index (χ3v) is 2.37. The number of hydrogen-bond donors (Lipinski definition) is 2. The highest BCUT2D eigenvalue weighted by molar-refractivity contribution is 5.81. The maximum absolute atomic E-state index is 13.8. The van der Waals surface area contributed by atoms with Crippen LogP contribution in [0.1, 0.15) is 11.3 Å². The summed E-state index contributed by atoms with van der Waals surface area (Å²) in [5.41, 5.74) is 7.92. The van der Waals surface area contributed by atoms with Crippen LogP contribution < -0.4 is 5.73 Å². The van der Waals surface area contributed by atoms with Gasteiger partial charge in [0.1, 0.15) is 5.82 Å². The first-order valence-corrected chi connectivity index (χ1v) is 4.69. The summed E-state index contributed by atoms with van der Waals surface area (Å²) in [6.07, 6.45) is 0.589. The van der Waals surface area contributed by atoms with Crippen molar-refractivity contribution in [1.29, 1.82) is 0 Å². The number of fused-ring (bicyclic) bond motifs is 1. The van der Waals surface area contributed by atoms with Gasteiger partial charge in [-0.05, 0) is 37.6 Å². The molecule has 0 aliphatic carbocycles. The van der Waals surface area contributed by atoms with Gasteiger partial charge in [0.15, 0.2) is 0 Å². The topological polar surface area (TPSA) is 41.8 Å². The maximum atomic E-state index is 13.8. The van der Waals surface area contributed by atoms with Crippen molar-refractivity contribution in [3.8, 4) is 0 Å². The molecule has 1 heterocycles. The van der Waals surface area contributed by atoms with Gasteiger partial charge in [0.25, 0.3) is 0 Å². The zero-order valence-electron chi connectivity index (χ0n) is 8.10. The van der Waals surface area contributed by atoms with Gasteiger partial charge in [0.05, 0.1) is 0 Å². The van der Waals surface area contributed by atoms with Gasteiger partial charge in [0.2, 0.25) is 0 Å². The number of aromatic nitrogens is 1. The van der Waals surface area contributed by atoms with Gasteiger partial charge in [-0.2, -0.15) is 0 Å². The Morgan fingerprint density at radius 2 is 2.21 bits per heavy atom. The van der Waals surface area contributed by atoms with Gasteiger partial charge in [-0.25, -0.2) is 4.39 Å². The zero-order valence-corrected chi connectivity index (χ0v) is 8.10. The first-order chi connectivity index (χ1) is 6.72. The number of halogens is 1. The average Bonchev–Trinajstić information content (AvgIpc) is 2.52. The minimum absolute atomic E-state index is 0.141. The molecular formula is C11H13FN2. The Bertz CT molecular complexity index is 460. The molecule has 0 saturated carbocycles. The molecule has 0 amide bonds. The smallest absolute Gasteiger partial charge is 0.135 e. The molecular weight excluding hydrogens is 179 g/mol. The SMILES string of the molecule is Cc1cc2c(F)c(CCN)ccc2[nH]1. The number of H-pyrrole nitrogens is 1. The van der Waals surface area contributed by atoms with Crippen molar-refractivity contribution < 1.29 is 4.39 Å². The van der Waals surface area contributed by atoms with E-state index in [4.69, 9.17) is 5.73 Å². The van der Waals surface area contributed by atoms with Crippen LogP contribution in [0.4, 0.5) is 4.39 Å². The van der Waals surface area contributed by atoms with Crippen LogP contribution in [-0.4, -0.2) is 11.5 Å². The van der Waals surface area contributed by atoms with Crippen molar-refractivity contribution in [1.82, 2.24) is 4.98 Å². The second-order valence-electron chi connectivity index (χ2n) is 3.49. The standard InChI is InChI=1S/C11H13FN2/c1-7-6-9-10(14-7)3-2-8(4-5-13)11(9)12/h2-3,6,14H,4-5,13H2,1H3. The fourth-order valence-corrected chi connectivity index (χ4v) is 1.70. The van der Waals surface area contributed by atoms with E-state index in [9.17, 15) is 4.39 Å². The van der Waals surface area contributed by atoms with E-state index in [1.54, 1.807) is 6.07 Å². The van der Waals surface area contributed by atoms with Crippen LogP contribution in [-0.2, 0) is 6.42 Å². The Morgan fingerprint density at radius 1 is 1.43 bits per heavy atom. The third kappa shape index (κ3) is 1.40. The van der Waals surface area contributed by atoms with Crippen molar-refractivity contribution in [3.63, 3.8) is 0 Å². The first kappa shape index (κ1) is 9.21. The largest absolute Gasteiger partial charge is 0.359 e. The summed E-state index contributed by atoms with van der Waals surface area (Å²) >= 11 is 0. The predicted octanol–water partition coefficient (Wildman–Crippen LogP) is 2.12. The van der Waals surface area contributed by atoms with Gasteiger partial charge in [-0.3, -0.25) is 0 Å². The highest BCUT2D eigenvalue weighted by atomic mass is 19.1. The minimum Gasteiger partial charge on any atom is -0.359 e. The fraction of sp³-hybridized carbons (Fsp3) is 0.273. The summed E-state index contributed by atoms with van der Waals surface area (Å²) in [6.45, 7) is 2.40. The van der Waals surface area contributed by atoms with E-state index in [1.807, 2.05) is 19.1 Å². The lowest BCUT2D eigenvalue weighted by Gasteiger charge is -2.01. The van der Waals surface area contributed by atoms with Crippen molar-refractivity contribution in [3.05, 3.63) is 35.3 Å². The molecule has 2 rings (SSSR count). The number of aryl methyl sites for hydroxylation is 1. The summed E-state index contributed by atoms with van der Waals surface area (Å²) in [5.74, 6) is -0.141. The molecule has 0 spiro atoms. The van der Waals surface area contributed by atoms with Crippen LogP contribution >= 0.6 is 0 Å². The molecule has 14 heavy (non-hydrogen) atoms. The average molecular weight is 192 g/mol. The van der Waals surface area contributed by atoms with Crippen LogP contribution in [0.3, 0.4) is 0 Å². The highest BCUT2D eigenvalue weighted by Gasteiger charge is 2.08. The van der Waals surface area contributed by atoms with Crippen molar-refractivity contribution in [2.75, 3.05) is 6.54 Å². The van der Waals surface area contributed by atoms with E-state index < -0.39 is 0 Å². The van der Waals surface area contributed by atoms with E-state index in [-0.39, 0.29) is 5.82 Å². The monoisotopic (exact) mass is 192 g/mol. The molecule has 0 bridgehead atoms. The molecule has 1 aromatic heterocycles. The zero-order chi connectivity index (χ0) is 10.1. The van der Waals surface area contributed by atoms with Crippen molar-refractivity contribution in [2.24, 2.45) is 5.73 Å². The van der Waals surface area contributed by atoms with Gasteiger partial charge in [-0.1, -0.05) is 6.07 Å². The summed E-state index contributed by atoms with van der Waals surface area (Å²) in [7, 11) is 0. The van der Waals surface area contributed by atoms with Gasteiger partial charge in [-0.15, -0.1) is 0 Å². The molecule has 0 aliphatic rings. The van der Waals surface area contributed by atoms with E-state index >= 15 is 0 Å². The van der Waals surface area contributed by atoms with Crippen LogP contribution in [0.15, 0.2) is 18.2 Å². The molecule has 0 unspecified atom stereocenters. The number of hydrogen-bond acceptors (Lipinski definition) is 1. The fourth-order valence-electron chi connectivity index (χ4n) is 1.70. The Labute approximate surface area is 81.9 Å². The number of rotatable bonds is 2. The Morgan fingerprint density at radius 3 is 2.93 bits per heavy atom. The molecule has 0 saturated heterocycles. The summed E-state index contributed by atoms with van der Waals surface area (Å²) < 4.78 is 13.8. The predicted molar refractivity (Wildman–Crippen MR) is 55.8 cm³/mol. The molecule has 3 heteroatoms. The van der Waals surface area contributed by atoms with E-state index in [0.29, 0.717) is 23.9 Å². The van der Waals surface area contributed by atoms with E-state index in [0.717, 1.165) is 11.2 Å². The molecule has 2 aromatic rings. The van der Waals surface area contributed by atoms with Crippen LogP contribution in [0.2, 0.25) is 0 Å². The summed E-state index contributed by atoms with van der Waals surface area (Å²) in [4.78, 5) is 3.10. The molecule has 0 aliphatic heterocycles. The molecule has 0 radical (unpaired) electrons. The molecule has 3 N–H and O–H groups in total. The Balaban J connectivity index is 2.61. The highest BCUT2D eigenvalue weighted by Crippen LogP contribution is 2.21. The van der Waals surface area contributed by atoms with Gasteiger partial charge in [0, 0.05) is 16.6 Å². The first-order valence-electron chi connectivity index (χ1n) is 4.69. The molecule has 0 atom stereocenters. The number of benzene rings is 1. The lowest BCUT2D eigenvalue weighted by Crippen LogP contribution is -2.04. The number of nitrogens with two attached hydrogens (primary N) is 1. The maximum Gasteiger partial charge on any atom is 0.135 e. The van der Waals surface area contributed by atoms with Crippen molar-refractivity contribution in [2.45, 2.75) is 13.3 Å². The van der Waals surface area contributed by atoms with Crippen molar-refractivity contribution >= 4 is 10.9 Å². The third-order valence-electron chi connectivity index (χ3n) is 2.37. The van der Waals surface area contributed by atoms with Gasteiger partial charge >= 0.3 is 0 Å². The van der Waals surface area contributed by atoms with Gasteiger partial charge < -0.3 is 10.7 Å². The normalized spacial score (nSPS) is 11.1. The molecule has 0 fully saturated rings. The van der Waals surface area contributed by atoms with Crippen LogP contribution in [0.25, 0.3) is 10.9 Å². The minimum atomic E-state index is -0.141. The molecule has 2 nitrogen and oxygen atoms in total. The second-order valence-corrected chi connectivity index (χ2v) is 3.49. The number of nitrogens with one attached hydrogen (secondary N) is 1. The Kier molecular flexibility index (Phi) is 2.25. The van der Waals surface area contributed by atoms with E-state index in [1.165, 1.54) is 0 Å². The molecule has 74 valence electrons. The summed E-state index contributed by atoms with van der Waals surface area (Å²) in [6, 6.07) is 5.52. The van der Waals surface area contributed by atoms with Crippen LogP contribution in [0, 0.1) is 12.7 Å². The lowest BCUT2D eigenvalue weighted by molar-refractivity contribution is 0.621. The Hall–Kier alpha value is -1.35. The van der Waals surface area contributed by atoms with Crippen LogP contribution in [0.5, 0.6) is 0 Å². The summed E-state index contributed by atoms with van der Waals surface area (Å²) in [5, 5.41) is 0.661. The second kappa shape index (κ2) is 3.42. The number of aromatic amines is 1.